The van der Waals surface area contributed by atoms with Crippen molar-refractivity contribution in [3.63, 3.8) is 0 Å². The second-order valence-electron chi connectivity index (χ2n) is 8.33. The summed E-state index contributed by atoms with van der Waals surface area (Å²) in [6.45, 7) is 9.69. The Labute approximate surface area is 138 Å². The van der Waals surface area contributed by atoms with Crippen LogP contribution in [-0.2, 0) is 0 Å². The van der Waals surface area contributed by atoms with E-state index in [1.807, 2.05) is 6.07 Å². The summed E-state index contributed by atoms with van der Waals surface area (Å²) in [7, 11) is 0. The fraction of sp³-hybridized carbons (Fsp3) is 0.632. The van der Waals surface area contributed by atoms with Crippen LogP contribution in [0.2, 0.25) is 0 Å². The van der Waals surface area contributed by atoms with Crippen molar-refractivity contribution < 1.29 is 14.6 Å². The first-order valence-electron chi connectivity index (χ1n) is 8.47. The normalized spacial score (nSPS) is 29.4. The summed E-state index contributed by atoms with van der Waals surface area (Å²) in [6.07, 6.45) is 3.81. The number of likely N-dealkylation sites (tertiary alicyclic amines) is 1. The molecule has 4 nitrogen and oxygen atoms in total. The summed E-state index contributed by atoms with van der Waals surface area (Å²) in [6, 6.07) is 7.50. The predicted molar refractivity (Wildman–Crippen MR) is 90.0 cm³/mol. The van der Waals surface area contributed by atoms with Gasteiger partial charge in [-0.1, -0.05) is 32.9 Å². The zero-order valence-corrected chi connectivity index (χ0v) is 14.3. The van der Waals surface area contributed by atoms with Crippen LogP contribution in [-0.4, -0.2) is 41.7 Å². The molecule has 1 aliphatic heterocycles. The van der Waals surface area contributed by atoms with Crippen LogP contribution in [0.1, 0.15) is 50.4 Å². The molecular formula is C19H27NO3. The minimum atomic E-state index is -0.938. The molecular weight excluding hydrogens is 290 g/mol. The van der Waals surface area contributed by atoms with Crippen LogP contribution in [0, 0.1) is 10.8 Å². The largest absolute Gasteiger partial charge is 0.491 e. The molecule has 1 heterocycles. The molecule has 1 aromatic rings. The number of carboxylic acids is 1. The maximum atomic E-state index is 11.2. The lowest BCUT2D eigenvalue weighted by atomic mass is 9.65. The molecule has 1 saturated carbocycles. The van der Waals surface area contributed by atoms with E-state index < -0.39 is 5.97 Å². The Morgan fingerprint density at radius 2 is 2.04 bits per heavy atom. The number of ether oxygens (including phenoxy) is 1. The van der Waals surface area contributed by atoms with E-state index in [4.69, 9.17) is 4.74 Å². The first-order valence-corrected chi connectivity index (χ1v) is 8.47. The molecule has 4 heteroatoms. The topological polar surface area (TPSA) is 49.8 Å². The third-order valence-corrected chi connectivity index (χ3v) is 5.28. The van der Waals surface area contributed by atoms with E-state index in [1.54, 1.807) is 18.2 Å². The summed E-state index contributed by atoms with van der Waals surface area (Å²) in [5.74, 6) is -0.472. The number of rotatable bonds is 5. The van der Waals surface area contributed by atoms with Gasteiger partial charge >= 0.3 is 5.97 Å². The predicted octanol–water partition coefficient (Wildman–Crippen LogP) is 3.66. The van der Waals surface area contributed by atoms with Crippen molar-refractivity contribution in [2.45, 2.75) is 46.1 Å². The number of carbonyl (C=O) groups is 1. The number of fused-ring (bicyclic) bond motifs is 2. The van der Waals surface area contributed by atoms with E-state index in [0.29, 0.717) is 29.2 Å². The van der Waals surface area contributed by atoms with Crippen LogP contribution in [0.5, 0.6) is 5.75 Å². The third kappa shape index (κ3) is 3.52. The summed E-state index contributed by atoms with van der Waals surface area (Å²) >= 11 is 0. The van der Waals surface area contributed by atoms with Crippen molar-refractivity contribution >= 4 is 5.97 Å². The molecule has 1 aliphatic carbocycles. The number of nitrogens with zero attached hydrogens (tertiary/aromatic N) is 1. The van der Waals surface area contributed by atoms with Crippen molar-refractivity contribution in [1.82, 2.24) is 4.90 Å². The molecule has 126 valence electrons. The lowest BCUT2D eigenvalue weighted by Gasteiger charge is -2.39. The average Bonchev–Trinajstić information content (AvgIpc) is 2.68. The molecule has 2 bridgehead atoms. The molecule has 2 unspecified atom stereocenters. The molecule has 2 aliphatic rings. The summed E-state index contributed by atoms with van der Waals surface area (Å²) < 4.78 is 5.77. The molecule has 3 rings (SSSR count). The number of hydrogen-bond acceptors (Lipinski definition) is 3. The van der Waals surface area contributed by atoms with Crippen LogP contribution < -0.4 is 4.74 Å². The van der Waals surface area contributed by atoms with Gasteiger partial charge in [0.25, 0.3) is 0 Å². The van der Waals surface area contributed by atoms with E-state index in [1.165, 1.54) is 19.3 Å². The number of hydrogen-bond donors (Lipinski definition) is 1. The molecule has 0 aromatic heterocycles. The third-order valence-electron chi connectivity index (χ3n) is 5.28. The van der Waals surface area contributed by atoms with Gasteiger partial charge in [-0.2, -0.15) is 0 Å². The summed E-state index contributed by atoms with van der Waals surface area (Å²) in [4.78, 5) is 13.8. The van der Waals surface area contributed by atoms with E-state index >= 15 is 0 Å². The van der Waals surface area contributed by atoms with Crippen LogP contribution in [0.15, 0.2) is 24.3 Å². The minimum Gasteiger partial charge on any atom is -0.491 e. The van der Waals surface area contributed by atoms with E-state index in [-0.39, 0.29) is 5.56 Å². The summed E-state index contributed by atoms with van der Waals surface area (Å²) in [5.41, 5.74) is 1.08. The van der Waals surface area contributed by atoms with Gasteiger partial charge in [-0.3, -0.25) is 4.90 Å². The molecule has 0 spiro atoms. The number of para-hydroxylation sites is 1. The standard InChI is InChI=1S/C19H27NO3/c1-18(2)10-14-11-19(3,12-18)13-20(14)8-9-23-16-7-5-4-6-15(16)17(21)22/h4-7,14H,8-13H2,1-3H3,(H,21,22). The Morgan fingerprint density at radius 3 is 2.78 bits per heavy atom. The van der Waals surface area contributed by atoms with Gasteiger partial charge in [0, 0.05) is 19.1 Å². The second kappa shape index (κ2) is 5.82. The van der Waals surface area contributed by atoms with E-state index in [2.05, 4.69) is 25.7 Å². The SMILES string of the molecule is CC1(C)CC2CC(C)(CN2CCOc2ccccc2C(=O)O)C1. The van der Waals surface area contributed by atoms with Crippen LogP contribution in [0.25, 0.3) is 0 Å². The van der Waals surface area contributed by atoms with Gasteiger partial charge in [0.2, 0.25) is 0 Å². The van der Waals surface area contributed by atoms with Gasteiger partial charge in [-0.05, 0) is 42.2 Å². The highest BCUT2D eigenvalue weighted by molar-refractivity contribution is 5.90. The first kappa shape index (κ1) is 16.3. The van der Waals surface area contributed by atoms with Gasteiger partial charge in [0.15, 0.2) is 0 Å². The van der Waals surface area contributed by atoms with Crippen LogP contribution >= 0.6 is 0 Å². The zero-order chi connectivity index (χ0) is 16.7. The average molecular weight is 317 g/mol. The van der Waals surface area contributed by atoms with Gasteiger partial charge < -0.3 is 9.84 Å². The highest BCUT2D eigenvalue weighted by atomic mass is 16.5. The highest BCUT2D eigenvalue weighted by Gasteiger charge is 2.49. The number of benzene rings is 1. The molecule has 23 heavy (non-hydrogen) atoms. The molecule has 1 N–H and O–H groups in total. The molecule has 1 aromatic carbocycles. The summed E-state index contributed by atoms with van der Waals surface area (Å²) in [5, 5.41) is 9.20. The van der Waals surface area contributed by atoms with Gasteiger partial charge in [0.05, 0.1) is 0 Å². The maximum Gasteiger partial charge on any atom is 0.339 e. The molecule has 1 saturated heterocycles. The first-order chi connectivity index (χ1) is 10.8. The second-order valence-corrected chi connectivity index (χ2v) is 8.33. The van der Waals surface area contributed by atoms with Crippen molar-refractivity contribution in [2.75, 3.05) is 19.7 Å². The quantitative estimate of drug-likeness (QED) is 0.900. The van der Waals surface area contributed by atoms with Crippen LogP contribution in [0.4, 0.5) is 0 Å². The Kier molecular flexibility index (Phi) is 4.13. The zero-order valence-electron chi connectivity index (χ0n) is 14.3. The monoisotopic (exact) mass is 317 g/mol. The highest BCUT2D eigenvalue weighted by Crippen LogP contribution is 2.52. The Bertz CT molecular complexity index is 598. The Balaban J connectivity index is 1.59. The van der Waals surface area contributed by atoms with Gasteiger partial charge in [0.1, 0.15) is 17.9 Å². The number of aromatic carboxylic acids is 1. The fourth-order valence-corrected chi connectivity index (χ4v) is 4.88. The van der Waals surface area contributed by atoms with Gasteiger partial charge in [-0.25, -0.2) is 4.79 Å². The lowest BCUT2D eigenvalue weighted by Crippen LogP contribution is -2.36. The van der Waals surface area contributed by atoms with Crippen molar-refractivity contribution in [2.24, 2.45) is 10.8 Å². The molecule has 2 fully saturated rings. The fourth-order valence-electron chi connectivity index (χ4n) is 4.88. The Morgan fingerprint density at radius 1 is 1.30 bits per heavy atom. The molecule has 2 atom stereocenters. The lowest BCUT2D eigenvalue weighted by molar-refractivity contribution is 0.0691. The van der Waals surface area contributed by atoms with E-state index in [0.717, 1.165) is 13.1 Å². The number of carboxylic acid groups (broad SMARTS) is 1. The molecule has 0 amide bonds. The van der Waals surface area contributed by atoms with Crippen molar-refractivity contribution in [3.8, 4) is 5.75 Å². The van der Waals surface area contributed by atoms with E-state index in [9.17, 15) is 9.90 Å². The maximum absolute atomic E-state index is 11.2. The van der Waals surface area contributed by atoms with Crippen LogP contribution in [0.3, 0.4) is 0 Å². The van der Waals surface area contributed by atoms with Crippen molar-refractivity contribution in [1.29, 1.82) is 0 Å². The molecule has 0 radical (unpaired) electrons. The minimum absolute atomic E-state index is 0.237. The smallest absolute Gasteiger partial charge is 0.339 e. The van der Waals surface area contributed by atoms with Crippen molar-refractivity contribution in [3.05, 3.63) is 29.8 Å². The van der Waals surface area contributed by atoms with Gasteiger partial charge in [-0.15, -0.1) is 0 Å². The Hall–Kier alpha value is -1.55.